The number of hydrogen-bond acceptors (Lipinski definition) is 4. The summed E-state index contributed by atoms with van der Waals surface area (Å²) < 4.78 is 1.69. The fourth-order valence-corrected chi connectivity index (χ4v) is 2.09. The van der Waals surface area contributed by atoms with E-state index in [4.69, 9.17) is 11.6 Å². The summed E-state index contributed by atoms with van der Waals surface area (Å²) in [6.07, 6.45) is 1.83. The van der Waals surface area contributed by atoms with Crippen LogP contribution in [0.5, 0.6) is 0 Å². The lowest BCUT2D eigenvalue weighted by atomic mass is 10.2. The maximum Gasteiger partial charge on any atom is 0.258 e. The number of nitrogens with one attached hydrogen (secondary N) is 2. The Kier molecular flexibility index (Phi) is 3.15. The first kappa shape index (κ1) is 12.7. The van der Waals surface area contributed by atoms with Gasteiger partial charge in [-0.25, -0.2) is 4.98 Å². The van der Waals surface area contributed by atoms with Crippen molar-refractivity contribution in [2.75, 3.05) is 5.32 Å². The number of nitrogens with zero attached hydrogens (tertiary/aromatic N) is 3. The van der Waals surface area contributed by atoms with Gasteiger partial charge in [0.25, 0.3) is 5.56 Å². The van der Waals surface area contributed by atoms with Crippen molar-refractivity contribution in [1.82, 2.24) is 19.7 Å². The van der Waals surface area contributed by atoms with E-state index in [1.807, 2.05) is 19.3 Å². The minimum Gasteiger partial charge on any atom is -0.361 e. The second-order valence-corrected chi connectivity index (χ2v) is 4.84. The number of anilines is 1. The van der Waals surface area contributed by atoms with E-state index in [-0.39, 0.29) is 5.56 Å². The molecule has 0 bridgehead atoms. The molecule has 0 spiro atoms. The Balaban J connectivity index is 1.90. The van der Waals surface area contributed by atoms with Crippen molar-refractivity contribution >= 4 is 28.3 Å². The molecule has 20 heavy (non-hydrogen) atoms. The number of H-pyrrole nitrogens is 1. The molecule has 3 aromatic rings. The number of benzene rings is 1. The van der Waals surface area contributed by atoms with Crippen molar-refractivity contribution in [2.45, 2.75) is 6.54 Å². The molecular weight excluding hydrogens is 278 g/mol. The van der Waals surface area contributed by atoms with Gasteiger partial charge in [0.2, 0.25) is 0 Å². The van der Waals surface area contributed by atoms with Gasteiger partial charge < -0.3 is 10.3 Å². The van der Waals surface area contributed by atoms with Gasteiger partial charge in [0.05, 0.1) is 17.4 Å². The van der Waals surface area contributed by atoms with Crippen molar-refractivity contribution < 1.29 is 0 Å². The van der Waals surface area contributed by atoms with Crippen LogP contribution in [0.1, 0.15) is 5.82 Å². The molecule has 1 aromatic carbocycles. The highest BCUT2D eigenvalue weighted by atomic mass is 35.5. The molecule has 0 unspecified atom stereocenters. The van der Waals surface area contributed by atoms with Gasteiger partial charge in [-0.05, 0) is 18.2 Å². The fourth-order valence-electron chi connectivity index (χ4n) is 1.93. The van der Waals surface area contributed by atoms with E-state index in [9.17, 15) is 4.79 Å². The first-order valence-corrected chi connectivity index (χ1v) is 6.41. The minimum absolute atomic E-state index is 0.176. The quantitative estimate of drug-likeness (QED) is 0.772. The number of fused-ring (bicyclic) bond motifs is 1. The first-order valence-electron chi connectivity index (χ1n) is 6.04. The summed E-state index contributed by atoms with van der Waals surface area (Å²) in [5.74, 6) is 1.26. The molecule has 0 aliphatic heterocycles. The van der Waals surface area contributed by atoms with Crippen molar-refractivity contribution in [3.63, 3.8) is 0 Å². The summed E-state index contributed by atoms with van der Waals surface area (Å²) in [5.41, 5.74) is 0.406. The average molecular weight is 290 g/mol. The Labute approximate surface area is 119 Å². The van der Waals surface area contributed by atoms with Gasteiger partial charge in [0, 0.05) is 24.3 Å². The molecule has 2 N–H and O–H groups in total. The molecule has 0 saturated carbocycles. The second-order valence-electron chi connectivity index (χ2n) is 4.40. The predicted octanol–water partition coefficient (Wildman–Crippen LogP) is 1.92. The van der Waals surface area contributed by atoms with E-state index in [2.05, 4.69) is 20.4 Å². The largest absolute Gasteiger partial charge is 0.361 e. The zero-order valence-corrected chi connectivity index (χ0v) is 11.5. The molecule has 3 rings (SSSR count). The molecule has 6 nitrogen and oxygen atoms in total. The van der Waals surface area contributed by atoms with Gasteiger partial charge in [-0.15, -0.1) is 0 Å². The Morgan fingerprint density at radius 2 is 2.25 bits per heavy atom. The Bertz CT molecular complexity index is 823. The third-order valence-electron chi connectivity index (χ3n) is 2.87. The molecule has 0 atom stereocenters. The van der Waals surface area contributed by atoms with Crippen LogP contribution in [0.15, 0.2) is 35.3 Å². The topological polar surface area (TPSA) is 75.6 Å². The number of rotatable bonds is 3. The summed E-state index contributed by atoms with van der Waals surface area (Å²) in [6.45, 7) is 0.384. The summed E-state index contributed by atoms with van der Waals surface area (Å²) in [5, 5.41) is 8.36. The van der Waals surface area contributed by atoms with Crippen LogP contribution in [-0.4, -0.2) is 19.7 Å². The Hall–Kier alpha value is -2.34. The highest BCUT2D eigenvalue weighted by Crippen LogP contribution is 2.14. The number of aryl methyl sites for hydroxylation is 1. The van der Waals surface area contributed by atoms with Gasteiger partial charge in [0.1, 0.15) is 11.6 Å². The highest BCUT2D eigenvalue weighted by molar-refractivity contribution is 6.31. The second kappa shape index (κ2) is 4.97. The summed E-state index contributed by atoms with van der Waals surface area (Å²) >= 11 is 5.92. The van der Waals surface area contributed by atoms with Crippen molar-refractivity contribution in [3.05, 3.63) is 51.7 Å². The molecule has 0 aliphatic rings. The molecule has 0 aliphatic carbocycles. The van der Waals surface area contributed by atoms with E-state index in [0.717, 1.165) is 5.82 Å². The lowest BCUT2D eigenvalue weighted by Crippen LogP contribution is -2.14. The zero-order valence-electron chi connectivity index (χ0n) is 10.7. The maximum atomic E-state index is 11.9. The third-order valence-corrected chi connectivity index (χ3v) is 3.10. The zero-order chi connectivity index (χ0) is 14.1. The van der Waals surface area contributed by atoms with Gasteiger partial charge in [-0.2, -0.15) is 5.10 Å². The molecule has 102 valence electrons. The van der Waals surface area contributed by atoms with Crippen LogP contribution in [0, 0.1) is 0 Å². The van der Waals surface area contributed by atoms with E-state index in [0.29, 0.717) is 28.3 Å². The number of aromatic amines is 1. The molecular formula is C13H12ClN5O. The molecule has 7 heteroatoms. The smallest absolute Gasteiger partial charge is 0.258 e. The van der Waals surface area contributed by atoms with Crippen LogP contribution in [0.2, 0.25) is 5.02 Å². The van der Waals surface area contributed by atoms with Crippen LogP contribution >= 0.6 is 11.6 Å². The standard InChI is InChI=1S/C13H12ClN5O/c1-19-5-4-11(18-19)15-7-12-16-10-6-8(14)2-3-9(10)13(20)17-12/h2-6H,7H2,1H3,(H,15,18)(H,16,17,20). The average Bonchev–Trinajstić information content (AvgIpc) is 2.82. The molecule has 2 aromatic heterocycles. The number of aromatic nitrogens is 4. The number of hydrogen-bond donors (Lipinski definition) is 2. The number of halogens is 1. The normalized spacial score (nSPS) is 10.9. The van der Waals surface area contributed by atoms with Crippen LogP contribution in [0.25, 0.3) is 10.9 Å². The first-order chi connectivity index (χ1) is 9.61. The Morgan fingerprint density at radius 1 is 1.40 bits per heavy atom. The SMILES string of the molecule is Cn1ccc(NCc2nc3cc(Cl)ccc3c(=O)[nH]2)n1. The van der Waals surface area contributed by atoms with Gasteiger partial charge >= 0.3 is 0 Å². The van der Waals surface area contributed by atoms with Crippen LogP contribution in [0.3, 0.4) is 0 Å². The van der Waals surface area contributed by atoms with Crippen LogP contribution in [-0.2, 0) is 13.6 Å². The van der Waals surface area contributed by atoms with E-state index >= 15 is 0 Å². The Morgan fingerprint density at radius 3 is 3.00 bits per heavy atom. The lowest BCUT2D eigenvalue weighted by molar-refractivity contribution is 0.767. The molecule has 0 amide bonds. The monoisotopic (exact) mass is 289 g/mol. The summed E-state index contributed by atoms with van der Waals surface area (Å²) in [7, 11) is 1.84. The van der Waals surface area contributed by atoms with Crippen molar-refractivity contribution in [3.8, 4) is 0 Å². The maximum absolute atomic E-state index is 11.9. The minimum atomic E-state index is -0.176. The molecule has 0 saturated heterocycles. The van der Waals surface area contributed by atoms with E-state index in [1.54, 1.807) is 22.9 Å². The van der Waals surface area contributed by atoms with Crippen molar-refractivity contribution in [1.29, 1.82) is 0 Å². The molecule has 0 radical (unpaired) electrons. The third kappa shape index (κ3) is 2.50. The predicted molar refractivity (Wildman–Crippen MR) is 77.9 cm³/mol. The van der Waals surface area contributed by atoms with Gasteiger partial charge in [-0.3, -0.25) is 9.48 Å². The lowest BCUT2D eigenvalue weighted by Gasteiger charge is -2.04. The fraction of sp³-hybridized carbons (Fsp3) is 0.154. The van der Waals surface area contributed by atoms with Crippen LogP contribution < -0.4 is 10.9 Å². The summed E-state index contributed by atoms with van der Waals surface area (Å²) in [6, 6.07) is 6.86. The molecule has 2 heterocycles. The van der Waals surface area contributed by atoms with Gasteiger partial charge in [0.15, 0.2) is 0 Å². The van der Waals surface area contributed by atoms with Crippen molar-refractivity contribution in [2.24, 2.45) is 7.05 Å². The van der Waals surface area contributed by atoms with E-state index < -0.39 is 0 Å². The molecule has 0 fully saturated rings. The van der Waals surface area contributed by atoms with Gasteiger partial charge in [-0.1, -0.05) is 11.6 Å². The van der Waals surface area contributed by atoms with Crippen LogP contribution in [0.4, 0.5) is 5.82 Å². The van der Waals surface area contributed by atoms with E-state index in [1.165, 1.54) is 0 Å². The highest BCUT2D eigenvalue weighted by Gasteiger charge is 2.05. The summed E-state index contributed by atoms with van der Waals surface area (Å²) in [4.78, 5) is 19.1.